The number of hydrogen-bond donors (Lipinski definition) is 0. The van der Waals surface area contributed by atoms with Gasteiger partial charge in [-0.1, -0.05) is 76.9 Å². The highest BCUT2D eigenvalue weighted by molar-refractivity contribution is 7.99. The summed E-state index contributed by atoms with van der Waals surface area (Å²) < 4.78 is 37.8. The van der Waals surface area contributed by atoms with Crippen molar-refractivity contribution in [2.75, 3.05) is 0 Å². The molecule has 0 amide bonds. The van der Waals surface area contributed by atoms with E-state index in [0.29, 0.717) is 10.9 Å². The van der Waals surface area contributed by atoms with Crippen LogP contribution >= 0.6 is 46.6 Å². The van der Waals surface area contributed by atoms with Crippen LogP contribution in [-0.4, -0.2) is 9.97 Å². The molecule has 0 fully saturated rings. The van der Waals surface area contributed by atoms with Gasteiger partial charge in [0, 0.05) is 10.3 Å². The average molecular weight is 424 g/mol. The summed E-state index contributed by atoms with van der Waals surface area (Å²) in [6, 6.07) is 12.1. The predicted molar refractivity (Wildman–Crippen MR) is 94.3 cm³/mol. The maximum absolute atomic E-state index is 13.2. The van der Waals surface area contributed by atoms with Crippen LogP contribution in [0.1, 0.15) is 11.4 Å². The molecule has 0 aliphatic carbocycles. The fraction of sp³-hybridized carbons (Fsp3) is 0.125. The highest BCUT2D eigenvalue weighted by Gasteiger charge is 2.34. The number of benzene rings is 2. The Bertz CT molecular complexity index is 926. The molecule has 2 nitrogen and oxygen atoms in total. The molecule has 0 saturated heterocycles. The molecule has 0 N–H and O–H groups in total. The minimum absolute atomic E-state index is 0.00844. The zero-order chi connectivity index (χ0) is 18.2. The van der Waals surface area contributed by atoms with Crippen molar-refractivity contribution < 1.29 is 13.2 Å². The Kier molecular flexibility index (Phi) is 5.08. The number of fused-ring (bicyclic) bond motifs is 1. The van der Waals surface area contributed by atoms with Crippen molar-refractivity contribution in [2.45, 2.75) is 19.9 Å². The standard InChI is InChI=1S/C16H8Cl3F3N2S/c17-15(18,19)14-23-11-7-3-1-5-9(11)13(24-14)25-12-8-4-2-6-10(12)16(20,21)22/h1-8H. The van der Waals surface area contributed by atoms with E-state index in [0.717, 1.165) is 17.8 Å². The lowest BCUT2D eigenvalue weighted by atomic mass is 10.2. The van der Waals surface area contributed by atoms with Gasteiger partial charge in [-0.15, -0.1) is 0 Å². The highest BCUT2D eigenvalue weighted by Crippen LogP contribution is 2.42. The SMILES string of the molecule is FC(F)(F)c1ccccc1Sc1nc(C(Cl)(Cl)Cl)nc2ccccc12. The van der Waals surface area contributed by atoms with E-state index in [4.69, 9.17) is 34.8 Å². The van der Waals surface area contributed by atoms with Crippen molar-refractivity contribution in [1.82, 2.24) is 9.97 Å². The lowest BCUT2D eigenvalue weighted by Crippen LogP contribution is -2.09. The van der Waals surface area contributed by atoms with Crippen molar-refractivity contribution in [1.29, 1.82) is 0 Å². The molecule has 1 aromatic heterocycles. The third-order valence-electron chi connectivity index (χ3n) is 3.22. The largest absolute Gasteiger partial charge is 0.417 e. The Morgan fingerprint density at radius 1 is 0.840 bits per heavy atom. The smallest absolute Gasteiger partial charge is 0.228 e. The first-order valence-electron chi connectivity index (χ1n) is 6.84. The van der Waals surface area contributed by atoms with Crippen molar-refractivity contribution in [3.05, 3.63) is 59.9 Å². The quantitative estimate of drug-likeness (QED) is 0.342. The summed E-state index contributed by atoms with van der Waals surface area (Å²) >= 11 is 18.4. The van der Waals surface area contributed by atoms with Crippen LogP contribution in [0.25, 0.3) is 10.9 Å². The van der Waals surface area contributed by atoms with E-state index in [1.54, 1.807) is 24.3 Å². The number of aromatic nitrogens is 2. The van der Waals surface area contributed by atoms with Crippen LogP contribution in [0.2, 0.25) is 0 Å². The molecule has 0 aliphatic rings. The molecule has 0 spiro atoms. The van der Waals surface area contributed by atoms with Gasteiger partial charge >= 0.3 is 6.18 Å². The van der Waals surface area contributed by atoms with Gasteiger partial charge in [-0.2, -0.15) is 13.2 Å². The van der Waals surface area contributed by atoms with Gasteiger partial charge in [0.2, 0.25) is 3.79 Å². The lowest BCUT2D eigenvalue weighted by Gasteiger charge is -2.15. The molecule has 0 radical (unpaired) electrons. The number of nitrogens with zero attached hydrogens (tertiary/aromatic N) is 2. The molecule has 25 heavy (non-hydrogen) atoms. The van der Waals surface area contributed by atoms with Gasteiger partial charge in [-0.25, -0.2) is 9.97 Å². The molecule has 0 bridgehead atoms. The van der Waals surface area contributed by atoms with Gasteiger partial charge in [0.15, 0.2) is 5.82 Å². The Hall–Kier alpha value is -1.21. The van der Waals surface area contributed by atoms with Crippen LogP contribution in [0.15, 0.2) is 58.5 Å². The number of halogens is 6. The van der Waals surface area contributed by atoms with E-state index < -0.39 is 15.5 Å². The summed E-state index contributed by atoms with van der Waals surface area (Å²) in [6.07, 6.45) is -4.48. The number of alkyl halides is 6. The van der Waals surface area contributed by atoms with Crippen LogP contribution in [0.4, 0.5) is 13.2 Å². The molecule has 0 atom stereocenters. The van der Waals surface area contributed by atoms with E-state index in [2.05, 4.69) is 9.97 Å². The van der Waals surface area contributed by atoms with Crippen molar-refractivity contribution in [3.8, 4) is 0 Å². The first kappa shape index (κ1) is 18.6. The lowest BCUT2D eigenvalue weighted by molar-refractivity contribution is -0.139. The van der Waals surface area contributed by atoms with Gasteiger partial charge in [0.05, 0.1) is 11.1 Å². The zero-order valence-corrected chi connectivity index (χ0v) is 15.3. The fourth-order valence-corrected chi connectivity index (χ4v) is 3.46. The summed E-state index contributed by atoms with van der Waals surface area (Å²) in [5.74, 6) is -0.0943. The van der Waals surface area contributed by atoms with Crippen molar-refractivity contribution in [3.63, 3.8) is 0 Å². The maximum atomic E-state index is 13.2. The van der Waals surface area contributed by atoms with Gasteiger partial charge in [0.1, 0.15) is 5.03 Å². The van der Waals surface area contributed by atoms with Gasteiger partial charge < -0.3 is 0 Å². The maximum Gasteiger partial charge on any atom is 0.417 e. The molecule has 0 unspecified atom stereocenters. The Labute approximate surface area is 160 Å². The monoisotopic (exact) mass is 422 g/mol. The molecule has 3 rings (SSSR count). The van der Waals surface area contributed by atoms with E-state index in [-0.39, 0.29) is 15.7 Å². The van der Waals surface area contributed by atoms with E-state index >= 15 is 0 Å². The molecule has 3 aromatic rings. The van der Waals surface area contributed by atoms with E-state index in [1.165, 1.54) is 18.2 Å². The summed E-state index contributed by atoms with van der Waals surface area (Å²) in [7, 11) is 0. The summed E-state index contributed by atoms with van der Waals surface area (Å²) in [6.45, 7) is 0. The second-order valence-corrected chi connectivity index (χ2v) is 8.28. The van der Waals surface area contributed by atoms with Crippen LogP contribution in [0, 0.1) is 0 Å². The van der Waals surface area contributed by atoms with E-state index in [9.17, 15) is 13.2 Å². The molecular formula is C16H8Cl3F3N2S. The number of para-hydroxylation sites is 1. The van der Waals surface area contributed by atoms with Crippen molar-refractivity contribution in [2.24, 2.45) is 0 Å². The minimum atomic E-state index is -4.48. The third-order valence-corrected chi connectivity index (χ3v) is 4.81. The van der Waals surface area contributed by atoms with Crippen LogP contribution in [-0.2, 0) is 9.97 Å². The number of hydrogen-bond acceptors (Lipinski definition) is 3. The topological polar surface area (TPSA) is 25.8 Å². The Morgan fingerprint density at radius 2 is 1.48 bits per heavy atom. The third kappa shape index (κ3) is 4.14. The minimum Gasteiger partial charge on any atom is -0.228 e. The van der Waals surface area contributed by atoms with Crippen LogP contribution in [0.3, 0.4) is 0 Å². The first-order chi connectivity index (χ1) is 11.7. The second-order valence-electron chi connectivity index (χ2n) is 4.96. The molecular weight excluding hydrogens is 416 g/mol. The average Bonchev–Trinajstić information content (AvgIpc) is 2.53. The Morgan fingerprint density at radius 3 is 2.16 bits per heavy atom. The fourth-order valence-electron chi connectivity index (χ4n) is 2.15. The molecule has 0 aliphatic heterocycles. The van der Waals surface area contributed by atoms with Crippen molar-refractivity contribution >= 4 is 57.5 Å². The van der Waals surface area contributed by atoms with Gasteiger partial charge in [-0.3, -0.25) is 0 Å². The Balaban J connectivity index is 2.17. The van der Waals surface area contributed by atoms with Crippen LogP contribution in [0.5, 0.6) is 0 Å². The summed E-state index contributed by atoms with van der Waals surface area (Å²) in [5.41, 5.74) is -0.274. The predicted octanol–water partition coefficient (Wildman–Crippen LogP) is 6.63. The summed E-state index contributed by atoms with van der Waals surface area (Å²) in [5, 5.41) is 0.853. The van der Waals surface area contributed by atoms with E-state index in [1.807, 2.05) is 0 Å². The molecule has 1 heterocycles. The highest BCUT2D eigenvalue weighted by atomic mass is 35.6. The molecule has 0 saturated carbocycles. The molecule has 2 aromatic carbocycles. The zero-order valence-electron chi connectivity index (χ0n) is 12.2. The number of rotatable bonds is 2. The first-order valence-corrected chi connectivity index (χ1v) is 8.79. The second kappa shape index (κ2) is 6.83. The summed E-state index contributed by atoms with van der Waals surface area (Å²) in [4.78, 5) is 8.37. The van der Waals surface area contributed by atoms with Gasteiger partial charge in [-0.05, 0) is 18.2 Å². The van der Waals surface area contributed by atoms with Gasteiger partial charge in [0.25, 0.3) is 0 Å². The molecule has 9 heteroatoms. The normalized spacial score (nSPS) is 12.6. The molecule has 130 valence electrons. The van der Waals surface area contributed by atoms with Crippen LogP contribution < -0.4 is 0 Å².